The molecule has 1 aliphatic carbocycles. The third-order valence-corrected chi connectivity index (χ3v) is 3.23. The van der Waals surface area contributed by atoms with Gasteiger partial charge in [0.2, 0.25) is 0 Å². The van der Waals surface area contributed by atoms with Crippen molar-refractivity contribution in [1.82, 2.24) is 10.6 Å². The maximum absolute atomic E-state index is 11.6. The molecule has 0 bridgehead atoms. The number of imide groups is 1. The Hall–Kier alpha value is -1.59. The highest BCUT2D eigenvalue weighted by molar-refractivity contribution is 5.95. The van der Waals surface area contributed by atoms with Gasteiger partial charge in [-0.3, -0.25) is 14.9 Å². The molecule has 0 aromatic carbocycles. The maximum Gasteiger partial charge on any atom is 0.321 e. The van der Waals surface area contributed by atoms with Gasteiger partial charge in [-0.1, -0.05) is 40.0 Å². The lowest BCUT2D eigenvalue weighted by Gasteiger charge is -2.22. The first-order valence-electron chi connectivity index (χ1n) is 7.52. The van der Waals surface area contributed by atoms with Crippen LogP contribution in [-0.2, 0) is 14.3 Å². The molecule has 6 nitrogen and oxygen atoms in total. The van der Waals surface area contributed by atoms with Gasteiger partial charge in [0.15, 0.2) is 6.61 Å². The van der Waals surface area contributed by atoms with E-state index in [0.717, 1.165) is 25.7 Å². The van der Waals surface area contributed by atoms with E-state index >= 15 is 0 Å². The number of carbonyl (C=O) groups is 3. The Labute approximate surface area is 126 Å². The van der Waals surface area contributed by atoms with Gasteiger partial charge in [0.1, 0.15) is 0 Å². The smallest absolute Gasteiger partial charge is 0.321 e. The van der Waals surface area contributed by atoms with E-state index in [2.05, 4.69) is 10.6 Å². The SMILES string of the molecule is CC(C)(C)CC(=O)OCC(=O)NC(=O)NC1CCCCC1. The fraction of sp³-hybridized carbons (Fsp3) is 0.800. The van der Waals surface area contributed by atoms with Gasteiger partial charge in [-0.15, -0.1) is 0 Å². The molecule has 2 N–H and O–H groups in total. The normalized spacial score (nSPS) is 16.1. The van der Waals surface area contributed by atoms with Gasteiger partial charge in [0.25, 0.3) is 5.91 Å². The largest absolute Gasteiger partial charge is 0.456 e. The molecule has 0 atom stereocenters. The molecule has 0 aliphatic heterocycles. The maximum atomic E-state index is 11.6. The molecule has 21 heavy (non-hydrogen) atoms. The van der Waals surface area contributed by atoms with Gasteiger partial charge in [-0.05, 0) is 18.3 Å². The molecular weight excluding hydrogens is 272 g/mol. The second kappa shape index (κ2) is 8.00. The molecule has 3 amide bonds. The van der Waals surface area contributed by atoms with Gasteiger partial charge in [0, 0.05) is 6.04 Å². The van der Waals surface area contributed by atoms with Crippen molar-refractivity contribution in [3.05, 3.63) is 0 Å². The summed E-state index contributed by atoms with van der Waals surface area (Å²) in [7, 11) is 0. The number of amides is 3. The Balaban J connectivity index is 2.20. The Kier molecular flexibility index (Phi) is 6.65. The zero-order valence-corrected chi connectivity index (χ0v) is 13.2. The minimum absolute atomic E-state index is 0.134. The van der Waals surface area contributed by atoms with Gasteiger partial charge in [-0.2, -0.15) is 0 Å². The highest BCUT2D eigenvalue weighted by atomic mass is 16.5. The molecule has 120 valence electrons. The molecule has 1 aliphatic rings. The lowest BCUT2D eigenvalue weighted by atomic mass is 9.93. The van der Waals surface area contributed by atoms with Gasteiger partial charge in [-0.25, -0.2) is 4.79 Å². The summed E-state index contributed by atoms with van der Waals surface area (Å²) < 4.78 is 4.84. The molecule has 0 heterocycles. The van der Waals surface area contributed by atoms with Crippen molar-refractivity contribution in [2.45, 2.75) is 65.3 Å². The molecule has 1 rings (SSSR count). The molecule has 1 saturated carbocycles. The van der Waals surface area contributed by atoms with Crippen molar-refractivity contribution in [2.75, 3.05) is 6.61 Å². The van der Waals surface area contributed by atoms with Crippen LogP contribution in [0.3, 0.4) is 0 Å². The summed E-state index contributed by atoms with van der Waals surface area (Å²) in [4.78, 5) is 34.6. The number of nitrogens with one attached hydrogen (secondary N) is 2. The van der Waals surface area contributed by atoms with Crippen LogP contribution in [0.25, 0.3) is 0 Å². The first kappa shape index (κ1) is 17.5. The van der Waals surface area contributed by atoms with Crippen molar-refractivity contribution in [3.63, 3.8) is 0 Å². The van der Waals surface area contributed by atoms with Crippen LogP contribution in [-0.4, -0.2) is 30.6 Å². The molecule has 0 saturated heterocycles. The minimum atomic E-state index is -0.606. The molecule has 0 aromatic rings. The van der Waals surface area contributed by atoms with E-state index in [-0.39, 0.29) is 17.9 Å². The summed E-state index contributed by atoms with van der Waals surface area (Å²) in [6.45, 7) is 5.30. The lowest BCUT2D eigenvalue weighted by Crippen LogP contribution is -2.46. The molecular formula is C15H26N2O4. The van der Waals surface area contributed by atoms with Crippen LogP contribution in [0.4, 0.5) is 4.79 Å². The summed E-state index contributed by atoms with van der Waals surface area (Å²) >= 11 is 0. The second-order valence-electron chi connectivity index (χ2n) is 6.75. The standard InChI is InChI=1S/C15H26N2O4/c1-15(2,3)9-13(19)21-10-12(18)17-14(20)16-11-7-5-4-6-8-11/h11H,4-10H2,1-3H3,(H2,16,17,18,20). The lowest BCUT2D eigenvalue weighted by molar-refractivity contribution is -0.150. The van der Waals surface area contributed by atoms with Gasteiger partial charge in [0.05, 0.1) is 6.42 Å². The summed E-state index contributed by atoms with van der Waals surface area (Å²) in [5.41, 5.74) is -0.189. The van der Waals surface area contributed by atoms with E-state index in [1.807, 2.05) is 20.8 Å². The predicted molar refractivity (Wildman–Crippen MR) is 78.6 cm³/mol. The first-order valence-corrected chi connectivity index (χ1v) is 7.52. The summed E-state index contributed by atoms with van der Waals surface area (Å²) in [6.07, 6.45) is 5.52. The first-order chi connectivity index (χ1) is 9.76. The Morgan fingerprint density at radius 1 is 1.10 bits per heavy atom. The number of hydrogen-bond donors (Lipinski definition) is 2. The third kappa shape index (κ3) is 8.32. The average Bonchev–Trinajstić information content (AvgIpc) is 2.35. The molecule has 6 heteroatoms. The van der Waals surface area contributed by atoms with Crippen LogP contribution in [0.15, 0.2) is 0 Å². The quantitative estimate of drug-likeness (QED) is 0.779. The van der Waals surface area contributed by atoms with Crippen LogP contribution >= 0.6 is 0 Å². The molecule has 0 spiro atoms. The van der Waals surface area contributed by atoms with E-state index in [0.29, 0.717) is 0 Å². The summed E-state index contributed by atoms with van der Waals surface area (Å²) in [6, 6.07) is -0.381. The Bertz CT molecular complexity index is 382. The van der Waals surface area contributed by atoms with E-state index in [1.165, 1.54) is 6.42 Å². The summed E-state index contributed by atoms with van der Waals surface area (Å²) in [5.74, 6) is -1.05. The van der Waals surface area contributed by atoms with Crippen molar-refractivity contribution < 1.29 is 19.1 Å². The van der Waals surface area contributed by atoms with Crippen LogP contribution < -0.4 is 10.6 Å². The topological polar surface area (TPSA) is 84.5 Å². The zero-order chi connectivity index (χ0) is 15.9. The number of hydrogen-bond acceptors (Lipinski definition) is 4. The Morgan fingerprint density at radius 3 is 2.29 bits per heavy atom. The van der Waals surface area contributed by atoms with Crippen LogP contribution in [0.5, 0.6) is 0 Å². The van der Waals surface area contributed by atoms with E-state index in [4.69, 9.17) is 4.74 Å². The summed E-state index contributed by atoms with van der Waals surface area (Å²) in [5, 5.41) is 4.94. The number of esters is 1. The minimum Gasteiger partial charge on any atom is -0.456 e. The molecule has 0 unspecified atom stereocenters. The second-order valence-corrected chi connectivity index (χ2v) is 6.75. The zero-order valence-electron chi connectivity index (χ0n) is 13.2. The highest BCUT2D eigenvalue weighted by Gasteiger charge is 2.19. The van der Waals surface area contributed by atoms with Crippen molar-refractivity contribution >= 4 is 17.9 Å². The van der Waals surface area contributed by atoms with E-state index in [1.54, 1.807) is 0 Å². The number of rotatable bonds is 4. The number of urea groups is 1. The van der Waals surface area contributed by atoms with E-state index in [9.17, 15) is 14.4 Å². The van der Waals surface area contributed by atoms with Gasteiger partial charge < -0.3 is 10.1 Å². The Morgan fingerprint density at radius 2 is 1.71 bits per heavy atom. The van der Waals surface area contributed by atoms with E-state index < -0.39 is 24.5 Å². The average molecular weight is 298 g/mol. The van der Waals surface area contributed by atoms with Crippen molar-refractivity contribution in [2.24, 2.45) is 5.41 Å². The number of carbonyl (C=O) groups excluding carboxylic acids is 3. The fourth-order valence-electron chi connectivity index (χ4n) is 2.26. The fourth-order valence-corrected chi connectivity index (χ4v) is 2.26. The molecule has 1 fully saturated rings. The molecule has 0 aromatic heterocycles. The molecule has 0 radical (unpaired) electrons. The monoisotopic (exact) mass is 298 g/mol. The number of ether oxygens (including phenoxy) is 1. The highest BCUT2D eigenvalue weighted by Crippen LogP contribution is 2.19. The van der Waals surface area contributed by atoms with Gasteiger partial charge >= 0.3 is 12.0 Å². The third-order valence-electron chi connectivity index (χ3n) is 3.23. The predicted octanol–water partition coefficient (Wildman–Crippen LogP) is 2.12. The van der Waals surface area contributed by atoms with Crippen molar-refractivity contribution in [1.29, 1.82) is 0 Å². The van der Waals surface area contributed by atoms with Crippen LogP contribution in [0.2, 0.25) is 0 Å². The van der Waals surface area contributed by atoms with Crippen LogP contribution in [0, 0.1) is 5.41 Å². The van der Waals surface area contributed by atoms with Crippen molar-refractivity contribution in [3.8, 4) is 0 Å². The van der Waals surface area contributed by atoms with Crippen LogP contribution in [0.1, 0.15) is 59.3 Å².